The van der Waals surface area contributed by atoms with Gasteiger partial charge in [0.05, 0.1) is 29.0 Å². The lowest BCUT2D eigenvalue weighted by molar-refractivity contribution is -0.122. The van der Waals surface area contributed by atoms with Gasteiger partial charge in [0.15, 0.2) is 0 Å². The molecule has 2 saturated heterocycles. The summed E-state index contributed by atoms with van der Waals surface area (Å²) in [6, 6.07) is 8.80. The molecule has 2 amide bonds. The van der Waals surface area contributed by atoms with Gasteiger partial charge < -0.3 is 25.0 Å². The number of halogens is 1. The number of benzene rings is 1. The van der Waals surface area contributed by atoms with Crippen molar-refractivity contribution in [2.45, 2.75) is 25.3 Å². The number of hydrogen-bond acceptors (Lipinski definition) is 7. The zero-order valence-corrected chi connectivity index (χ0v) is 20.2. The number of nitrogens with zero attached hydrogens (tertiary/aromatic N) is 3. The quantitative estimate of drug-likeness (QED) is 0.607. The summed E-state index contributed by atoms with van der Waals surface area (Å²) in [6.07, 6.45) is 2.78. The van der Waals surface area contributed by atoms with Crippen LogP contribution in [0.4, 0.5) is 11.4 Å². The number of aryl methyl sites for hydroxylation is 1. The molecule has 2 aromatic rings. The molecule has 2 aliphatic heterocycles. The SMILES string of the molecule is Cc1cc(NC(=O)C2(NC(=O)c3ccc(Cl)s3)CCOC2)ccc1N1CCOCCC1=NC#N. The highest BCUT2D eigenvalue weighted by Gasteiger charge is 2.44. The predicted molar refractivity (Wildman–Crippen MR) is 131 cm³/mol. The van der Waals surface area contributed by atoms with Gasteiger partial charge in [-0.2, -0.15) is 10.3 Å². The molecule has 0 saturated carbocycles. The predicted octanol–water partition coefficient (Wildman–Crippen LogP) is 3.34. The summed E-state index contributed by atoms with van der Waals surface area (Å²) in [4.78, 5) is 32.4. The van der Waals surface area contributed by atoms with Crippen molar-refractivity contribution in [1.82, 2.24) is 5.32 Å². The van der Waals surface area contributed by atoms with E-state index < -0.39 is 5.54 Å². The number of thiophene rings is 1. The summed E-state index contributed by atoms with van der Waals surface area (Å²) in [5, 5.41) is 14.8. The second-order valence-electron chi connectivity index (χ2n) is 8.04. The van der Waals surface area contributed by atoms with E-state index in [1.807, 2.05) is 30.1 Å². The highest BCUT2D eigenvalue weighted by atomic mass is 35.5. The Hall–Kier alpha value is -2.97. The van der Waals surface area contributed by atoms with Crippen molar-refractivity contribution in [2.24, 2.45) is 4.99 Å². The Kier molecular flexibility index (Phi) is 7.48. The van der Waals surface area contributed by atoms with Gasteiger partial charge in [0.1, 0.15) is 11.4 Å². The molecule has 3 heterocycles. The molecule has 34 heavy (non-hydrogen) atoms. The van der Waals surface area contributed by atoms with Gasteiger partial charge in [0.25, 0.3) is 11.8 Å². The van der Waals surface area contributed by atoms with Crippen molar-refractivity contribution in [3.05, 3.63) is 45.1 Å². The van der Waals surface area contributed by atoms with Crippen molar-refractivity contribution >= 4 is 52.0 Å². The van der Waals surface area contributed by atoms with Crippen LogP contribution in [0.1, 0.15) is 28.1 Å². The monoisotopic (exact) mass is 501 g/mol. The van der Waals surface area contributed by atoms with Crippen molar-refractivity contribution in [2.75, 3.05) is 43.2 Å². The summed E-state index contributed by atoms with van der Waals surface area (Å²) in [7, 11) is 0. The molecule has 178 valence electrons. The van der Waals surface area contributed by atoms with Crippen LogP contribution in [0.15, 0.2) is 35.3 Å². The number of aliphatic imine (C=N–C) groups is 1. The largest absolute Gasteiger partial charge is 0.379 e. The van der Waals surface area contributed by atoms with Gasteiger partial charge in [-0.25, -0.2) is 0 Å². The molecule has 0 bridgehead atoms. The van der Waals surface area contributed by atoms with Gasteiger partial charge in [-0.3, -0.25) is 9.59 Å². The van der Waals surface area contributed by atoms with Crippen molar-refractivity contribution in [1.29, 1.82) is 5.26 Å². The fraction of sp³-hybridized carbons (Fsp3) is 0.391. The zero-order chi connectivity index (χ0) is 24.1. The van der Waals surface area contributed by atoms with E-state index in [4.69, 9.17) is 26.3 Å². The molecule has 2 aliphatic rings. The van der Waals surface area contributed by atoms with Crippen LogP contribution in [-0.2, 0) is 14.3 Å². The van der Waals surface area contributed by atoms with Crippen molar-refractivity contribution in [3.63, 3.8) is 0 Å². The first-order valence-corrected chi connectivity index (χ1v) is 12.0. The normalized spacial score (nSPS) is 21.7. The third kappa shape index (κ3) is 5.23. The highest BCUT2D eigenvalue weighted by molar-refractivity contribution is 7.18. The van der Waals surface area contributed by atoms with Gasteiger partial charge >= 0.3 is 0 Å². The van der Waals surface area contributed by atoms with E-state index in [-0.39, 0.29) is 18.4 Å². The number of nitriles is 1. The smallest absolute Gasteiger partial charge is 0.262 e. The zero-order valence-electron chi connectivity index (χ0n) is 18.6. The standard InChI is InChI=1S/C23H24ClN5O4S/c1-15-12-16(2-3-17(15)29-8-11-32-9-6-20(29)26-14-25)27-22(31)23(7-10-33-13-23)28-21(30)18-4-5-19(24)34-18/h2-5,12H,6-11,13H2,1H3,(H,27,31)(H,28,30). The van der Waals surface area contributed by atoms with Gasteiger partial charge in [0.2, 0.25) is 6.19 Å². The molecule has 11 heteroatoms. The van der Waals surface area contributed by atoms with Crippen LogP contribution in [-0.4, -0.2) is 56.2 Å². The van der Waals surface area contributed by atoms with E-state index in [1.165, 1.54) is 0 Å². The fourth-order valence-electron chi connectivity index (χ4n) is 4.02. The fourth-order valence-corrected chi connectivity index (χ4v) is 4.96. The number of amides is 2. The van der Waals surface area contributed by atoms with Crippen molar-refractivity contribution in [3.8, 4) is 6.19 Å². The summed E-state index contributed by atoms with van der Waals surface area (Å²) in [5.41, 5.74) is 1.21. The number of nitrogens with one attached hydrogen (secondary N) is 2. The molecule has 2 N–H and O–H groups in total. The molecule has 1 aromatic carbocycles. The molecular weight excluding hydrogens is 478 g/mol. The molecular formula is C23H24ClN5O4S. The molecule has 0 spiro atoms. The van der Waals surface area contributed by atoms with Crippen LogP contribution in [0, 0.1) is 18.4 Å². The number of carbonyl (C=O) groups excluding carboxylic acids is 2. The first-order valence-electron chi connectivity index (χ1n) is 10.8. The van der Waals surface area contributed by atoms with E-state index in [0.29, 0.717) is 59.9 Å². The topological polar surface area (TPSA) is 116 Å². The Labute approximate surface area is 206 Å². The maximum absolute atomic E-state index is 13.3. The average molecular weight is 502 g/mol. The van der Waals surface area contributed by atoms with Gasteiger partial charge in [-0.15, -0.1) is 11.3 Å². The van der Waals surface area contributed by atoms with E-state index in [1.54, 1.807) is 18.2 Å². The first kappa shape index (κ1) is 24.2. The van der Waals surface area contributed by atoms with Crippen LogP contribution >= 0.6 is 22.9 Å². The van der Waals surface area contributed by atoms with E-state index >= 15 is 0 Å². The molecule has 0 aliphatic carbocycles. The Morgan fingerprint density at radius 3 is 2.76 bits per heavy atom. The van der Waals surface area contributed by atoms with Crippen LogP contribution in [0.3, 0.4) is 0 Å². The number of amidine groups is 1. The minimum Gasteiger partial charge on any atom is -0.379 e. The van der Waals surface area contributed by atoms with Gasteiger partial charge in [-0.1, -0.05) is 11.6 Å². The summed E-state index contributed by atoms with van der Waals surface area (Å²) in [6.45, 7) is 4.00. The second-order valence-corrected chi connectivity index (χ2v) is 9.76. The Bertz CT molecular complexity index is 1150. The minimum absolute atomic E-state index is 0.0858. The molecule has 2 fully saturated rings. The number of carbonyl (C=O) groups is 2. The number of anilines is 2. The van der Waals surface area contributed by atoms with Crippen LogP contribution < -0.4 is 15.5 Å². The van der Waals surface area contributed by atoms with E-state index in [0.717, 1.165) is 22.6 Å². The number of hydrogen-bond donors (Lipinski definition) is 2. The minimum atomic E-state index is -1.17. The lowest BCUT2D eigenvalue weighted by atomic mass is 9.96. The first-order chi connectivity index (χ1) is 16.4. The maximum atomic E-state index is 13.3. The lowest BCUT2D eigenvalue weighted by Gasteiger charge is -2.28. The molecule has 1 aromatic heterocycles. The average Bonchev–Trinajstić information content (AvgIpc) is 3.40. The third-order valence-electron chi connectivity index (χ3n) is 5.77. The van der Waals surface area contributed by atoms with Crippen LogP contribution in [0.25, 0.3) is 0 Å². The second kappa shape index (κ2) is 10.5. The van der Waals surface area contributed by atoms with Crippen molar-refractivity contribution < 1.29 is 19.1 Å². The molecule has 9 nitrogen and oxygen atoms in total. The maximum Gasteiger partial charge on any atom is 0.262 e. The Balaban J connectivity index is 1.51. The third-order valence-corrected chi connectivity index (χ3v) is 7.00. The molecule has 1 atom stereocenters. The molecule has 4 rings (SSSR count). The van der Waals surface area contributed by atoms with Crippen LogP contribution in [0.2, 0.25) is 4.34 Å². The van der Waals surface area contributed by atoms with Crippen LogP contribution in [0.5, 0.6) is 0 Å². The summed E-state index contributed by atoms with van der Waals surface area (Å²) < 4.78 is 11.5. The lowest BCUT2D eigenvalue weighted by Crippen LogP contribution is -2.57. The van der Waals surface area contributed by atoms with Gasteiger partial charge in [0, 0.05) is 37.4 Å². The highest BCUT2D eigenvalue weighted by Crippen LogP contribution is 2.28. The summed E-state index contributed by atoms with van der Waals surface area (Å²) >= 11 is 7.10. The summed E-state index contributed by atoms with van der Waals surface area (Å²) in [5.74, 6) is -0.0573. The van der Waals surface area contributed by atoms with Gasteiger partial charge in [-0.05, 0) is 42.8 Å². The Morgan fingerprint density at radius 2 is 2.09 bits per heavy atom. The molecule has 1 unspecified atom stereocenters. The Morgan fingerprint density at radius 1 is 1.24 bits per heavy atom. The van der Waals surface area contributed by atoms with E-state index in [9.17, 15) is 9.59 Å². The van der Waals surface area contributed by atoms with E-state index in [2.05, 4.69) is 15.6 Å². The number of ether oxygens (including phenoxy) is 2. The number of rotatable bonds is 5. The molecule has 0 radical (unpaired) electrons.